The van der Waals surface area contributed by atoms with Gasteiger partial charge in [0.05, 0.1) is 5.69 Å². The number of fused-ring (bicyclic) bond motifs is 1. The van der Waals surface area contributed by atoms with Crippen molar-refractivity contribution in [1.29, 1.82) is 0 Å². The molecule has 0 unspecified atom stereocenters. The van der Waals surface area contributed by atoms with Crippen LogP contribution in [0.3, 0.4) is 0 Å². The van der Waals surface area contributed by atoms with Gasteiger partial charge in [0.25, 0.3) is 0 Å². The summed E-state index contributed by atoms with van der Waals surface area (Å²) in [4.78, 5) is 2.36. The van der Waals surface area contributed by atoms with Crippen molar-refractivity contribution in [1.82, 2.24) is 10.2 Å². The molecule has 19 heavy (non-hydrogen) atoms. The van der Waals surface area contributed by atoms with Gasteiger partial charge in [-0.05, 0) is 18.8 Å². The molecule has 4 nitrogen and oxygen atoms in total. The highest BCUT2D eigenvalue weighted by Gasteiger charge is 2.19. The van der Waals surface area contributed by atoms with Crippen molar-refractivity contribution in [2.45, 2.75) is 26.3 Å². The Morgan fingerprint density at radius 3 is 2.53 bits per heavy atom. The Labute approximate surface area is 113 Å². The highest BCUT2D eigenvalue weighted by Crippen LogP contribution is 2.28. The fourth-order valence-electron chi connectivity index (χ4n) is 2.75. The molecule has 2 heterocycles. The SMILES string of the molecule is CC1CCN(c2nnc(CN)c3ccccc23)CC1. The van der Waals surface area contributed by atoms with Gasteiger partial charge in [-0.3, -0.25) is 0 Å². The maximum absolute atomic E-state index is 5.75. The summed E-state index contributed by atoms with van der Waals surface area (Å²) >= 11 is 0. The van der Waals surface area contributed by atoms with Gasteiger partial charge in [0.1, 0.15) is 0 Å². The van der Waals surface area contributed by atoms with Crippen LogP contribution in [0.4, 0.5) is 5.82 Å². The smallest absolute Gasteiger partial charge is 0.159 e. The van der Waals surface area contributed by atoms with Gasteiger partial charge in [-0.2, -0.15) is 5.10 Å². The van der Waals surface area contributed by atoms with E-state index in [4.69, 9.17) is 5.73 Å². The molecule has 0 atom stereocenters. The average molecular weight is 256 g/mol. The molecule has 0 spiro atoms. The van der Waals surface area contributed by atoms with Crippen LogP contribution in [0.2, 0.25) is 0 Å². The first-order valence-electron chi connectivity index (χ1n) is 6.99. The quantitative estimate of drug-likeness (QED) is 0.896. The van der Waals surface area contributed by atoms with Crippen molar-refractivity contribution < 1.29 is 0 Å². The molecule has 3 rings (SSSR count). The minimum Gasteiger partial charge on any atom is -0.355 e. The first-order valence-corrected chi connectivity index (χ1v) is 6.99. The van der Waals surface area contributed by atoms with Crippen LogP contribution in [-0.2, 0) is 6.54 Å². The molecule has 0 saturated carbocycles. The Balaban J connectivity index is 2.04. The Morgan fingerprint density at radius 2 is 1.84 bits per heavy atom. The van der Waals surface area contributed by atoms with Crippen molar-refractivity contribution in [2.75, 3.05) is 18.0 Å². The van der Waals surface area contributed by atoms with E-state index in [0.29, 0.717) is 6.54 Å². The summed E-state index contributed by atoms with van der Waals surface area (Å²) in [5, 5.41) is 11.0. The second kappa shape index (κ2) is 5.13. The second-order valence-electron chi connectivity index (χ2n) is 5.39. The molecule has 0 aliphatic carbocycles. The fraction of sp³-hybridized carbons (Fsp3) is 0.467. The normalized spacial score (nSPS) is 17.1. The Kier molecular flexibility index (Phi) is 3.34. The third-order valence-corrected chi connectivity index (χ3v) is 4.02. The third kappa shape index (κ3) is 2.28. The molecule has 2 N–H and O–H groups in total. The number of anilines is 1. The topological polar surface area (TPSA) is 55.0 Å². The number of aromatic nitrogens is 2. The zero-order valence-corrected chi connectivity index (χ0v) is 11.3. The summed E-state index contributed by atoms with van der Waals surface area (Å²) in [6.07, 6.45) is 2.46. The van der Waals surface area contributed by atoms with E-state index in [2.05, 4.69) is 40.2 Å². The number of hydrogen-bond acceptors (Lipinski definition) is 4. The number of piperidine rings is 1. The molecule has 1 fully saturated rings. The molecule has 0 bridgehead atoms. The van der Waals surface area contributed by atoms with Crippen molar-refractivity contribution in [3.8, 4) is 0 Å². The molecule has 1 aromatic carbocycles. The predicted octanol–water partition coefficient (Wildman–Crippen LogP) is 2.32. The second-order valence-corrected chi connectivity index (χ2v) is 5.39. The molecule has 1 aliphatic rings. The summed E-state index contributed by atoms with van der Waals surface area (Å²) in [6, 6.07) is 8.30. The molecule has 4 heteroatoms. The lowest BCUT2D eigenvalue weighted by Crippen LogP contribution is -2.33. The summed E-state index contributed by atoms with van der Waals surface area (Å²) in [7, 11) is 0. The molecular formula is C15H20N4. The van der Waals surface area contributed by atoms with Crippen LogP contribution in [0, 0.1) is 5.92 Å². The van der Waals surface area contributed by atoms with Gasteiger partial charge in [0.15, 0.2) is 5.82 Å². The Bertz CT molecular complexity index is 573. The van der Waals surface area contributed by atoms with E-state index in [1.165, 1.54) is 18.2 Å². The zero-order chi connectivity index (χ0) is 13.2. The van der Waals surface area contributed by atoms with Crippen LogP contribution in [0.25, 0.3) is 10.8 Å². The number of nitrogens with zero attached hydrogens (tertiary/aromatic N) is 3. The van der Waals surface area contributed by atoms with E-state index < -0.39 is 0 Å². The number of benzene rings is 1. The highest BCUT2D eigenvalue weighted by molar-refractivity contribution is 5.93. The average Bonchev–Trinajstić information content (AvgIpc) is 2.47. The lowest BCUT2D eigenvalue weighted by molar-refractivity contribution is 0.436. The summed E-state index contributed by atoms with van der Waals surface area (Å²) < 4.78 is 0. The van der Waals surface area contributed by atoms with Crippen LogP contribution >= 0.6 is 0 Å². The molecule has 0 amide bonds. The van der Waals surface area contributed by atoms with Crippen molar-refractivity contribution >= 4 is 16.6 Å². The van der Waals surface area contributed by atoms with Crippen molar-refractivity contribution in [3.05, 3.63) is 30.0 Å². The maximum atomic E-state index is 5.75. The zero-order valence-electron chi connectivity index (χ0n) is 11.3. The third-order valence-electron chi connectivity index (χ3n) is 4.02. The molecule has 1 saturated heterocycles. The number of nitrogens with two attached hydrogens (primary N) is 1. The number of rotatable bonds is 2. The minimum atomic E-state index is 0.435. The predicted molar refractivity (Wildman–Crippen MR) is 78.0 cm³/mol. The molecule has 1 aliphatic heterocycles. The van der Waals surface area contributed by atoms with E-state index in [-0.39, 0.29) is 0 Å². The lowest BCUT2D eigenvalue weighted by Gasteiger charge is -2.31. The molecule has 100 valence electrons. The lowest BCUT2D eigenvalue weighted by atomic mass is 9.99. The fourth-order valence-corrected chi connectivity index (χ4v) is 2.75. The van der Waals surface area contributed by atoms with Crippen LogP contribution in [0.1, 0.15) is 25.5 Å². The summed E-state index contributed by atoms with van der Waals surface area (Å²) in [6.45, 7) is 4.90. The van der Waals surface area contributed by atoms with E-state index in [1.807, 2.05) is 6.07 Å². The first kappa shape index (κ1) is 12.4. The van der Waals surface area contributed by atoms with Gasteiger partial charge in [-0.1, -0.05) is 31.2 Å². The Morgan fingerprint density at radius 1 is 1.16 bits per heavy atom. The van der Waals surface area contributed by atoms with Gasteiger partial charge in [-0.25, -0.2) is 0 Å². The maximum Gasteiger partial charge on any atom is 0.159 e. The van der Waals surface area contributed by atoms with E-state index in [9.17, 15) is 0 Å². The van der Waals surface area contributed by atoms with Crippen LogP contribution in [0.5, 0.6) is 0 Å². The summed E-state index contributed by atoms with van der Waals surface area (Å²) in [5.41, 5.74) is 6.63. The minimum absolute atomic E-state index is 0.435. The van der Waals surface area contributed by atoms with E-state index in [0.717, 1.165) is 35.9 Å². The molecule has 1 aromatic heterocycles. The van der Waals surface area contributed by atoms with Gasteiger partial charge in [-0.15, -0.1) is 5.10 Å². The van der Waals surface area contributed by atoms with E-state index >= 15 is 0 Å². The summed E-state index contributed by atoms with van der Waals surface area (Å²) in [5.74, 6) is 1.83. The van der Waals surface area contributed by atoms with Crippen LogP contribution in [-0.4, -0.2) is 23.3 Å². The van der Waals surface area contributed by atoms with Crippen molar-refractivity contribution in [3.63, 3.8) is 0 Å². The van der Waals surface area contributed by atoms with Gasteiger partial charge in [0, 0.05) is 30.4 Å². The molecule has 0 radical (unpaired) electrons. The molecule has 2 aromatic rings. The largest absolute Gasteiger partial charge is 0.355 e. The van der Waals surface area contributed by atoms with E-state index in [1.54, 1.807) is 0 Å². The van der Waals surface area contributed by atoms with Crippen LogP contribution in [0.15, 0.2) is 24.3 Å². The van der Waals surface area contributed by atoms with Gasteiger partial charge >= 0.3 is 0 Å². The standard InChI is InChI=1S/C15H20N4/c1-11-6-8-19(9-7-11)15-13-5-3-2-4-12(13)14(10-16)17-18-15/h2-5,11H,6-10,16H2,1H3. The monoisotopic (exact) mass is 256 g/mol. The van der Waals surface area contributed by atoms with Gasteiger partial charge < -0.3 is 10.6 Å². The Hall–Kier alpha value is -1.68. The molecular weight excluding hydrogens is 236 g/mol. The van der Waals surface area contributed by atoms with Crippen LogP contribution < -0.4 is 10.6 Å². The van der Waals surface area contributed by atoms with Gasteiger partial charge in [0.2, 0.25) is 0 Å². The first-order chi connectivity index (χ1) is 9.29. The number of hydrogen-bond donors (Lipinski definition) is 1. The highest BCUT2D eigenvalue weighted by atomic mass is 15.3. The van der Waals surface area contributed by atoms with Crippen molar-refractivity contribution in [2.24, 2.45) is 11.7 Å².